The number of hydrogen-bond donors (Lipinski definition) is 2. The molecule has 1 atom stereocenters. The molecule has 0 aliphatic heterocycles. The van der Waals surface area contributed by atoms with Crippen molar-refractivity contribution in [3.8, 4) is 0 Å². The van der Waals surface area contributed by atoms with Gasteiger partial charge in [0.2, 0.25) is 5.91 Å². The highest BCUT2D eigenvalue weighted by atomic mass is 16.4. The predicted molar refractivity (Wildman–Crippen MR) is 97.3 cm³/mol. The van der Waals surface area contributed by atoms with Crippen LogP contribution in [0.2, 0.25) is 0 Å². The molecular formula is C19H29N3O3. The number of carboxylic acids is 1. The summed E-state index contributed by atoms with van der Waals surface area (Å²) < 4.78 is 0. The van der Waals surface area contributed by atoms with Crippen LogP contribution in [0, 0.1) is 0 Å². The summed E-state index contributed by atoms with van der Waals surface area (Å²) >= 11 is 0. The maximum Gasteiger partial charge on any atom is 0.317 e. The van der Waals surface area contributed by atoms with Crippen LogP contribution < -0.4 is 5.32 Å². The zero-order chi connectivity index (χ0) is 18.4. The summed E-state index contributed by atoms with van der Waals surface area (Å²) in [4.78, 5) is 27.7. The third-order valence-corrected chi connectivity index (χ3v) is 5.02. The topological polar surface area (TPSA) is 72.9 Å². The van der Waals surface area contributed by atoms with Gasteiger partial charge in [0.1, 0.15) is 6.04 Å². The lowest BCUT2D eigenvalue weighted by molar-refractivity contribution is -0.140. The van der Waals surface area contributed by atoms with Gasteiger partial charge in [-0.1, -0.05) is 44.2 Å². The van der Waals surface area contributed by atoms with Crippen LogP contribution >= 0.6 is 0 Å². The Morgan fingerprint density at radius 1 is 1.20 bits per heavy atom. The molecular weight excluding hydrogens is 318 g/mol. The lowest BCUT2D eigenvalue weighted by Crippen LogP contribution is -2.56. The standard InChI is InChI=1S/C19H29N3O3/c1-4-21(3)18(14-9-7-6-8-10-14)19(25)20-15-11-16(12-15)22(5-2)13-17(23)24/h6-10,15-16,18H,4-5,11-13H2,1-3H3,(H,20,25)(H,23,24). The molecule has 2 N–H and O–H groups in total. The van der Waals surface area contributed by atoms with Crippen molar-refractivity contribution in [2.24, 2.45) is 0 Å². The molecule has 0 spiro atoms. The fourth-order valence-electron chi connectivity index (χ4n) is 3.38. The Kier molecular flexibility index (Phi) is 6.96. The van der Waals surface area contributed by atoms with E-state index in [4.69, 9.17) is 5.11 Å². The summed E-state index contributed by atoms with van der Waals surface area (Å²) in [5.41, 5.74) is 0.987. The van der Waals surface area contributed by atoms with Crippen LogP contribution in [0.25, 0.3) is 0 Å². The minimum absolute atomic E-state index is 0.0142. The molecule has 1 aromatic carbocycles. The van der Waals surface area contributed by atoms with Crippen molar-refractivity contribution < 1.29 is 14.7 Å². The van der Waals surface area contributed by atoms with E-state index < -0.39 is 5.97 Å². The fourth-order valence-corrected chi connectivity index (χ4v) is 3.38. The molecule has 2 rings (SSSR count). The Labute approximate surface area is 149 Å². The zero-order valence-corrected chi connectivity index (χ0v) is 15.3. The van der Waals surface area contributed by atoms with Crippen molar-refractivity contribution in [3.05, 3.63) is 35.9 Å². The molecule has 0 bridgehead atoms. The van der Waals surface area contributed by atoms with Gasteiger partial charge in [0.25, 0.3) is 0 Å². The molecule has 0 radical (unpaired) electrons. The van der Waals surface area contributed by atoms with Crippen LogP contribution in [0.3, 0.4) is 0 Å². The monoisotopic (exact) mass is 347 g/mol. The summed E-state index contributed by atoms with van der Waals surface area (Å²) in [6, 6.07) is 9.86. The highest BCUT2D eigenvalue weighted by molar-refractivity contribution is 5.83. The van der Waals surface area contributed by atoms with Gasteiger partial charge in [0, 0.05) is 12.1 Å². The van der Waals surface area contributed by atoms with Gasteiger partial charge in [-0.2, -0.15) is 0 Å². The van der Waals surface area contributed by atoms with Crippen LogP contribution in [-0.2, 0) is 9.59 Å². The molecule has 1 aromatic rings. The van der Waals surface area contributed by atoms with Crippen LogP contribution in [0.15, 0.2) is 30.3 Å². The summed E-state index contributed by atoms with van der Waals surface area (Å²) in [7, 11) is 1.95. The van der Waals surface area contributed by atoms with Gasteiger partial charge >= 0.3 is 5.97 Å². The quantitative estimate of drug-likeness (QED) is 0.712. The van der Waals surface area contributed by atoms with Gasteiger partial charge in [-0.25, -0.2) is 0 Å². The second-order valence-corrected chi connectivity index (χ2v) is 6.67. The van der Waals surface area contributed by atoms with E-state index >= 15 is 0 Å². The molecule has 6 nitrogen and oxygen atoms in total. The molecule has 0 aromatic heterocycles. The Morgan fingerprint density at radius 2 is 1.84 bits per heavy atom. The van der Waals surface area contributed by atoms with E-state index in [9.17, 15) is 9.59 Å². The molecule has 1 aliphatic rings. The second-order valence-electron chi connectivity index (χ2n) is 6.67. The van der Waals surface area contributed by atoms with Crippen molar-refractivity contribution in [2.75, 3.05) is 26.7 Å². The van der Waals surface area contributed by atoms with Crippen LogP contribution in [0.5, 0.6) is 0 Å². The number of rotatable bonds is 9. The molecule has 1 amide bonds. The van der Waals surface area contributed by atoms with Crippen LogP contribution in [0.1, 0.15) is 38.3 Å². The minimum Gasteiger partial charge on any atom is -0.480 e. The molecule has 1 unspecified atom stereocenters. The maximum absolute atomic E-state index is 12.8. The number of likely N-dealkylation sites (N-methyl/N-ethyl adjacent to an activating group) is 2. The summed E-state index contributed by atoms with van der Waals surface area (Å²) in [5, 5.41) is 12.1. The Balaban J connectivity index is 1.93. The molecule has 1 aliphatic carbocycles. The maximum atomic E-state index is 12.8. The van der Waals surface area contributed by atoms with Crippen molar-refractivity contribution in [1.82, 2.24) is 15.1 Å². The molecule has 138 valence electrons. The first-order chi connectivity index (χ1) is 12.0. The summed E-state index contributed by atoms with van der Waals surface area (Å²) in [6.07, 6.45) is 1.62. The second kappa shape index (κ2) is 8.97. The van der Waals surface area contributed by atoms with E-state index in [0.717, 1.165) is 24.9 Å². The smallest absolute Gasteiger partial charge is 0.317 e. The van der Waals surface area contributed by atoms with Gasteiger partial charge in [0.05, 0.1) is 6.54 Å². The molecule has 0 saturated heterocycles. The number of carboxylic acid groups (broad SMARTS) is 1. The number of hydrogen-bond acceptors (Lipinski definition) is 4. The highest BCUT2D eigenvalue weighted by Gasteiger charge is 2.36. The number of carbonyl (C=O) groups is 2. The minimum atomic E-state index is -0.803. The number of carbonyl (C=O) groups excluding carboxylic acids is 1. The third kappa shape index (κ3) is 5.03. The Hall–Kier alpha value is -1.92. The number of nitrogens with one attached hydrogen (secondary N) is 1. The average Bonchev–Trinajstić information content (AvgIpc) is 2.56. The third-order valence-electron chi connectivity index (χ3n) is 5.02. The molecule has 6 heteroatoms. The van der Waals surface area contributed by atoms with Gasteiger partial charge in [-0.3, -0.25) is 19.4 Å². The molecule has 25 heavy (non-hydrogen) atoms. The van der Waals surface area contributed by atoms with Gasteiger partial charge < -0.3 is 10.4 Å². The van der Waals surface area contributed by atoms with Gasteiger partial charge in [-0.15, -0.1) is 0 Å². The van der Waals surface area contributed by atoms with E-state index in [1.165, 1.54) is 0 Å². The van der Waals surface area contributed by atoms with Gasteiger partial charge in [-0.05, 0) is 38.5 Å². The van der Waals surface area contributed by atoms with Crippen LogP contribution in [-0.4, -0.2) is 65.5 Å². The number of benzene rings is 1. The molecule has 1 fully saturated rings. The normalized spacial score (nSPS) is 21.0. The number of aliphatic carboxylic acids is 1. The first-order valence-electron chi connectivity index (χ1n) is 8.97. The van der Waals surface area contributed by atoms with E-state index in [-0.39, 0.29) is 30.6 Å². The Morgan fingerprint density at radius 3 is 2.36 bits per heavy atom. The SMILES string of the molecule is CCN(C)C(C(=O)NC1CC(N(CC)CC(=O)O)C1)c1ccccc1. The van der Waals surface area contributed by atoms with Crippen LogP contribution in [0.4, 0.5) is 0 Å². The fraction of sp³-hybridized carbons (Fsp3) is 0.579. The summed E-state index contributed by atoms with van der Waals surface area (Å²) in [6.45, 7) is 5.56. The lowest BCUT2D eigenvalue weighted by Gasteiger charge is -2.43. The van der Waals surface area contributed by atoms with E-state index in [1.807, 2.05) is 61.0 Å². The lowest BCUT2D eigenvalue weighted by atomic mass is 9.85. The van der Waals surface area contributed by atoms with E-state index in [0.29, 0.717) is 6.54 Å². The highest BCUT2D eigenvalue weighted by Crippen LogP contribution is 2.27. The summed E-state index contributed by atoms with van der Waals surface area (Å²) in [5.74, 6) is -0.789. The number of amides is 1. The van der Waals surface area contributed by atoms with E-state index in [2.05, 4.69) is 5.32 Å². The average molecular weight is 347 g/mol. The van der Waals surface area contributed by atoms with Crippen molar-refractivity contribution in [3.63, 3.8) is 0 Å². The van der Waals surface area contributed by atoms with E-state index in [1.54, 1.807) is 0 Å². The van der Waals surface area contributed by atoms with Gasteiger partial charge in [0.15, 0.2) is 0 Å². The first kappa shape index (κ1) is 19.4. The first-order valence-corrected chi connectivity index (χ1v) is 8.97. The van der Waals surface area contributed by atoms with Crippen molar-refractivity contribution in [1.29, 1.82) is 0 Å². The number of nitrogens with zero attached hydrogens (tertiary/aromatic N) is 2. The molecule has 0 heterocycles. The zero-order valence-electron chi connectivity index (χ0n) is 15.3. The molecule has 1 saturated carbocycles. The Bertz CT molecular complexity index is 573. The van der Waals surface area contributed by atoms with Crippen molar-refractivity contribution in [2.45, 2.75) is 44.8 Å². The van der Waals surface area contributed by atoms with Crippen molar-refractivity contribution >= 4 is 11.9 Å². The largest absolute Gasteiger partial charge is 0.480 e. The predicted octanol–water partition coefficient (Wildman–Crippen LogP) is 1.73.